The second-order valence-electron chi connectivity index (χ2n) is 19.6. The van der Waals surface area contributed by atoms with Crippen molar-refractivity contribution in [3.8, 4) is 11.1 Å². The molecule has 0 spiro atoms. The Kier molecular flexibility index (Phi) is 15.2. The molecule has 6 atom stereocenters. The number of likely N-dealkylation sites (tertiary alicyclic amines) is 1. The summed E-state index contributed by atoms with van der Waals surface area (Å²) in [6.45, 7) is 17.6. The van der Waals surface area contributed by atoms with E-state index in [0.717, 1.165) is 69.5 Å². The van der Waals surface area contributed by atoms with E-state index in [1.165, 1.54) is 0 Å². The number of methoxy groups -OCH3 is 1. The van der Waals surface area contributed by atoms with Crippen molar-refractivity contribution in [1.29, 1.82) is 0 Å². The van der Waals surface area contributed by atoms with Crippen LogP contribution in [-0.2, 0) is 52.8 Å². The number of allylic oxidation sites excluding steroid dienone is 2. The highest BCUT2D eigenvalue weighted by atomic mass is 16.5. The number of carbonyl (C=O) groups excluding carboxylic acids is 4. The second-order valence-corrected chi connectivity index (χ2v) is 19.6. The van der Waals surface area contributed by atoms with Crippen molar-refractivity contribution < 1.29 is 33.4 Å². The lowest BCUT2D eigenvalue weighted by Crippen LogP contribution is -2.60. The maximum Gasteiger partial charge on any atom is 0.293 e. The highest BCUT2D eigenvalue weighted by Gasteiger charge is 2.49. The predicted molar refractivity (Wildman–Crippen MR) is 253 cm³/mol. The first-order chi connectivity index (χ1) is 31.2. The molecule has 3 saturated heterocycles. The number of nitrogens with one attached hydrogen (secondary N) is 3. The lowest BCUT2D eigenvalue weighted by atomic mass is 9.83. The van der Waals surface area contributed by atoms with Crippen molar-refractivity contribution in [2.75, 3.05) is 67.2 Å². The first-order valence-corrected chi connectivity index (χ1v) is 23.5. The molecule has 5 heterocycles. The van der Waals surface area contributed by atoms with Gasteiger partial charge in [0.25, 0.3) is 12.4 Å². The maximum absolute atomic E-state index is 14.5. The quantitative estimate of drug-likeness (QED) is 0.146. The van der Waals surface area contributed by atoms with Crippen molar-refractivity contribution >= 4 is 40.7 Å². The minimum atomic E-state index is -0.876. The normalized spacial score (nSPS) is 21.6. The van der Waals surface area contributed by atoms with Gasteiger partial charge < -0.3 is 34.3 Å². The number of likely N-dealkylation sites (N-methyl/N-ethyl adjacent to an activating group) is 2. The summed E-state index contributed by atoms with van der Waals surface area (Å²) in [5.74, 6) is -0.977. The van der Waals surface area contributed by atoms with Crippen LogP contribution in [0.5, 0.6) is 0 Å². The Morgan fingerprint density at radius 1 is 1.08 bits per heavy atom. The minimum Gasteiger partial charge on any atom is -0.467 e. The Morgan fingerprint density at radius 3 is 2.57 bits per heavy atom. The molecule has 14 heteroatoms. The van der Waals surface area contributed by atoms with Crippen LogP contribution in [0.15, 0.2) is 60.3 Å². The van der Waals surface area contributed by atoms with Gasteiger partial charge in [-0.1, -0.05) is 70.2 Å². The molecule has 0 radical (unpaired) electrons. The lowest BCUT2D eigenvalue weighted by molar-refractivity contribution is -0.146. The van der Waals surface area contributed by atoms with Gasteiger partial charge in [0, 0.05) is 92.8 Å². The fourth-order valence-electron chi connectivity index (χ4n) is 10.6. The van der Waals surface area contributed by atoms with Crippen LogP contribution < -0.4 is 16.1 Å². The van der Waals surface area contributed by atoms with Gasteiger partial charge in [-0.25, -0.2) is 5.43 Å². The zero-order chi connectivity index (χ0) is 46.6. The number of rotatable bonds is 18. The molecule has 0 bridgehead atoms. The number of nitrogens with zero attached hydrogens (tertiary/aromatic N) is 4. The first-order valence-electron chi connectivity index (χ1n) is 23.5. The van der Waals surface area contributed by atoms with E-state index >= 15 is 0 Å². The van der Waals surface area contributed by atoms with Gasteiger partial charge in [0.15, 0.2) is 0 Å². The molecule has 352 valence electrons. The number of ether oxygens (including phenoxy) is 3. The smallest absolute Gasteiger partial charge is 0.293 e. The van der Waals surface area contributed by atoms with Gasteiger partial charge in [-0.05, 0) is 80.5 Å². The van der Waals surface area contributed by atoms with Crippen LogP contribution in [0.4, 0.5) is 0 Å². The molecule has 65 heavy (non-hydrogen) atoms. The number of dihydropyridines is 1. The fraction of sp³-hybridized carbons (Fsp3) is 0.569. The molecule has 1 aromatic heterocycles. The largest absolute Gasteiger partial charge is 0.467 e. The van der Waals surface area contributed by atoms with E-state index in [1.54, 1.807) is 24.1 Å². The van der Waals surface area contributed by atoms with Crippen LogP contribution in [0.1, 0.15) is 71.2 Å². The molecule has 4 aliphatic rings. The first kappa shape index (κ1) is 47.9. The van der Waals surface area contributed by atoms with Gasteiger partial charge in [-0.2, -0.15) is 0 Å². The molecule has 4 aliphatic heterocycles. The van der Waals surface area contributed by atoms with Crippen molar-refractivity contribution in [3.05, 3.63) is 77.1 Å². The molecule has 0 aliphatic carbocycles. The van der Waals surface area contributed by atoms with Gasteiger partial charge in [0.05, 0.1) is 37.5 Å². The molecular weight excluding hydrogens is 823 g/mol. The number of aryl methyl sites for hydroxylation is 1. The molecule has 6 unspecified atom stereocenters. The lowest BCUT2D eigenvalue weighted by Gasteiger charge is -2.35. The molecule has 3 amide bonds. The fourth-order valence-corrected chi connectivity index (χ4v) is 10.6. The Morgan fingerprint density at radius 2 is 1.86 bits per heavy atom. The van der Waals surface area contributed by atoms with E-state index in [-0.39, 0.29) is 66.1 Å². The van der Waals surface area contributed by atoms with E-state index in [1.807, 2.05) is 33.0 Å². The van der Waals surface area contributed by atoms with Gasteiger partial charge in [-0.15, -0.1) is 0 Å². The Balaban J connectivity index is 1.22. The van der Waals surface area contributed by atoms with Gasteiger partial charge >= 0.3 is 0 Å². The number of amides is 3. The van der Waals surface area contributed by atoms with Crippen LogP contribution >= 0.6 is 0 Å². The summed E-state index contributed by atoms with van der Waals surface area (Å²) in [5, 5.41) is 9.49. The van der Waals surface area contributed by atoms with E-state index in [9.17, 15) is 19.2 Å². The number of fused-ring (bicyclic) bond motifs is 2. The SMILES string of the molecule is CCn1c(C2=C(C(C)OC)NCC=C2)c(CC(C)(C)COC=O)c2cc(-c3cccc(CC(NC(=O)C(C(C)C)N(C)C(=O)C4CN(C)C5COCC45)C(=O)N4CCCCN4)c3)ccc21. The third-order valence-corrected chi connectivity index (χ3v) is 14.0. The van der Waals surface area contributed by atoms with Crippen LogP contribution in [0, 0.1) is 23.2 Å². The summed E-state index contributed by atoms with van der Waals surface area (Å²) < 4.78 is 19.3. The van der Waals surface area contributed by atoms with Gasteiger partial charge in [0.1, 0.15) is 12.1 Å². The standard InChI is InChI=1S/C51H71N7O7/c1-10-57-43-19-18-36(25-38(43)39(26-51(5,6)30-65-31-59)47(57)37-17-14-20-52-45(37)33(4)63-9)35-16-13-15-34(23-35)24-42(50(62)58-22-12-11-21-53-58)54-48(60)46(32(2)3)56(8)49(61)40-27-55(7)44-29-64-28-41(40)44/h13-19,23,25,31-33,40-42,44,46,52-53H,10-12,20-22,24,26-30H2,1-9H3,(H,54,60). The Labute approximate surface area is 385 Å². The van der Waals surface area contributed by atoms with Crippen molar-refractivity contribution in [2.24, 2.45) is 23.2 Å². The Bertz CT molecular complexity index is 2280. The molecule has 14 nitrogen and oxygen atoms in total. The highest BCUT2D eigenvalue weighted by Crippen LogP contribution is 2.40. The summed E-state index contributed by atoms with van der Waals surface area (Å²) in [6.07, 6.45) is 6.91. The summed E-state index contributed by atoms with van der Waals surface area (Å²) in [4.78, 5) is 58.2. The van der Waals surface area contributed by atoms with Gasteiger partial charge in [-0.3, -0.25) is 29.1 Å². The van der Waals surface area contributed by atoms with Gasteiger partial charge in [0.2, 0.25) is 11.8 Å². The summed E-state index contributed by atoms with van der Waals surface area (Å²) in [5.41, 5.74) is 11.2. The number of hydrogen-bond acceptors (Lipinski definition) is 10. The number of carbonyl (C=O) groups is 4. The van der Waals surface area contributed by atoms with E-state index in [4.69, 9.17) is 14.2 Å². The number of benzene rings is 2. The summed E-state index contributed by atoms with van der Waals surface area (Å²) in [6, 6.07) is 13.3. The summed E-state index contributed by atoms with van der Waals surface area (Å²) >= 11 is 0. The molecule has 3 N–H and O–H groups in total. The van der Waals surface area contributed by atoms with E-state index in [0.29, 0.717) is 52.3 Å². The molecule has 2 aromatic carbocycles. The highest BCUT2D eigenvalue weighted by molar-refractivity contribution is 5.96. The number of hydrazine groups is 1. The van der Waals surface area contributed by atoms with Crippen LogP contribution in [0.3, 0.4) is 0 Å². The van der Waals surface area contributed by atoms with Crippen LogP contribution in [0.2, 0.25) is 0 Å². The van der Waals surface area contributed by atoms with Crippen LogP contribution in [-0.4, -0.2) is 135 Å². The topological polar surface area (TPSA) is 147 Å². The van der Waals surface area contributed by atoms with Crippen molar-refractivity contribution in [1.82, 2.24) is 35.4 Å². The maximum atomic E-state index is 14.5. The third-order valence-electron chi connectivity index (χ3n) is 14.0. The zero-order valence-corrected chi connectivity index (χ0v) is 39.9. The summed E-state index contributed by atoms with van der Waals surface area (Å²) in [7, 11) is 5.48. The third kappa shape index (κ3) is 10.2. The number of aromatic nitrogens is 1. The average molecular weight is 894 g/mol. The minimum absolute atomic E-state index is 0.0649. The van der Waals surface area contributed by atoms with E-state index < -0.39 is 12.1 Å². The zero-order valence-electron chi connectivity index (χ0n) is 39.9. The number of hydrogen-bond donors (Lipinski definition) is 3. The monoisotopic (exact) mass is 894 g/mol. The molecule has 0 saturated carbocycles. The second kappa shape index (κ2) is 20.7. The molecular formula is C51H71N7O7. The Hall–Kier alpha value is -5.02. The predicted octanol–water partition coefficient (Wildman–Crippen LogP) is 5.19. The molecule has 3 fully saturated rings. The van der Waals surface area contributed by atoms with Crippen molar-refractivity contribution in [2.45, 2.75) is 98.0 Å². The van der Waals surface area contributed by atoms with Crippen molar-refractivity contribution in [3.63, 3.8) is 0 Å². The van der Waals surface area contributed by atoms with E-state index in [2.05, 4.69) is 95.7 Å². The van der Waals surface area contributed by atoms with Crippen LogP contribution in [0.25, 0.3) is 27.6 Å². The molecule has 3 aromatic rings. The molecule has 7 rings (SSSR count). The average Bonchev–Trinajstić information content (AvgIpc) is 4.00.